The van der Waals surface area contributed by atoms with Crippen molar-refractivity contribution in [1.82, 2.24) is 25.4 Å². The lowest BCUT2D eigenvalue weighted by Gasteiger charge is -2.20. The van der Waals surface area contributed by atoms with Crippen molar-refractivity contribution in [2.24, 2.45) is 12.0 Å². The first-order valence-corrected chi connectivity index (χ1v) is 10.8. The summed E-state index contributed by atoms with van der Waals surface area (Å²) in [5.74, 6) is 3.06. The maximum Gasteiger partial charge on any atom is 0.191 e. The number of ether oxygens (including phenoxy) is 2. The molecular formula is C21H33ClN6O2. The van der Waals surface area contributed by atoms with Gasteiger partial charge in [-0.3, -0.25) is 0 Å². The SMILES string of the molecule is CCOCCCNC(=NCc1nnc(C)n1C)NCC(CC)Oc1ccccc1Cl. The molecule has 2 aromatic rings. The van der Waals surface area contributed by atoms with Crippen LogP contribution in [0.4, 0.5) is 0 Å². The molecule has 0 aliphatic carbocycles. The number of rotatable bonds is 12. The van der Waals surface area contributed by atoms with Gasteiger partial charge in [0.05, 0.1) is 11.6 Å². The van der Waals surface area contributed by atoms with Gasteiger partial charge in [-0.15, -0.1) is 10.2 Å². The Kier molecular flexibility index (Phi) is 10.4. The summed E-state index contributed by atoms with van der Waals surface area (Å²) in [5, 5.41) is 15.6. The predicted molar refractivity (Wildman–Crippen MR) is 120 cm³/mol. The highest BCUT2D eigenvalue weighted by Crippen LogP contribution is 2.24. The Morgan fingerprint density at radius 2 is 2.03 bits per heavy atom. The Morgan fingerprint density at radius 3 is 2.70 bits per heavy atom. The van der Waals surface area contributed by atoms with Crippen LogP contribution in [0, 0.1) is 6.92 Å². The zero-order chi connectivity index (χ0) is 21.8. The minimum atomic E-state index is -0.0441. The summed E-state index contributed by atoms with van der Waals surface area (Å²) in [6, 6.07) is 7.51. The van der Waals surface area contributed by atoms with Gasteiger partial charge >= 0.3 is 0 Å². The first-order valence-electron chi connectivity index (χ1n) is 10.4. The third kappa shape index (κ3) is 7.84. The highest BCUT2D eigenvalue weighted by Gasteiger charge is 2.12. The van der Waals surface area contributed by atoms with Crippen molar-refractivity contribution < 1.29 is 9.47 Å². The van der Waals surface area contributed by atoms with Crippen LogP contribution in [0.5, 0.6) is 5.75 Å². The first-order chi connectivity index (χ1) is 14.5. The van der Waals surface area contributed by atoms with Crippen molar-refractivity contribution in [2.75, 3.05) is 26.3 Å². The van der Waals surface area contributed by atoms with Crippen LogP contribution in [0.15, 0.2) is 29.3 Å². The number of benzene rings is 1. The maximum absolute atomic E-state index is 6.22. The van der Waals surface area contributed by atoms with E-state index in [2.05, 4.69) is 32.7 Å². The number of guanidine groups is 1. The van der Waals surface area contributed by atoms with Crippen LogP contribution in [0.2, 0.25) is 5.02 Å². The molecular weight excluding hydrogens is 404 g/mol. The molecule has 0 bridgehead atoms. The van der Waals surface area contributed by atoms with Crippen molar-refractivity contribution in [3.63, 3.8) is 0 Å². The second kappa shape index (κ2) is 13.1. The number of nitrogens with one attached hydrogen (secondary N) is 2. The lowest BCUT2D eigenvalue weighted by atomic mass is 10.2. The topological polar surface area (TPSA) is 85.6 Å². The van der Waals surface area contributed by atoms with E-state index in [-0.39, 0.29) is 6.10 Å². The summed E-state index contributed by atoms with van der Waals surface area (Å²) in [5.41, 5.74) is 0. The highest BCUT2D eigenvalue weighted by molar-refractivity contribution is 6.32. The van der Waals surface area contributed by atoms with Crippen LogP contribution in [-0.4, -0.2) is 53.1 Å². The molecule has 0 saturated heterocycles. The lowest BCUT2D eigenvalue weighted by Crippen LogP contribution is -2.43. The average Bonchev–Trinajstić information content (AvgIpc) is 3.07. The molecule has 1 aromatic carbocycles. The molecule has 30 heavy (non-hydrogen) atoms. The number of halogens is 1. The molecule has 166 valence electrons. The predicted octanol–water partition coefficient (Wildman–Crippen LogP) is 3.10. The van der Waals surface area contributed by atoms with E-state index in [0.29, 0.717) is 36.4 Å². The van der Waals surface area contributed by atoms with Crippen molar-refractivity contribution in [1.29, 1.82) is 0 Å². The molecule has 0 amide bonds. The fourth-order valence-corrected chi connectivity index (χ4v) is 2.82. The van der Waals surface area contributed by atoms with Gasteiger partial charge in [0.15, 0.2) is 11.8 Å². The molecule has 1 atom stereocenters. The van der Waals surface area contributed by atoms with E-state index in [1.807, 2.05) is 49.7 Å². The van der Waals surface area contributed by atoms with Crippen molar-refractivity contribution >= 4 is 17.6 Å². The van der Waals surface area contributed by atoms with Crippen LogP contribution in [0.1, 0.15) is 38.3 Å². The summed E-state index contributed by atoms with van der Waals surface area (Å²) in [6.45, 7) is 9.22. The maximum atomic E-state index is 6.22. The minimum Gasteiger partial charge on any atom is -0.487 e. The largest absolute Gasteiger partial charge is 0.487 e. The van der Waals surface area contributed by atoms with Crippen LogP contribution in [-0.2, 0) is 18.3 Å². The lowest BCUT2D eigenvalue weighted by molar-refractivity contribution is 0.145. The molecule has 2 rings (SSSR count). The van der Waals surface area contributed by atoms with Gasteiger partial charge in [0, 0.05) is 26.8 Å². The van der Waals surface area contributed by atoms with Crippen LogP contribution >= 0.6 is 11.6 Å². The van der Waals surface area contributed by atoms with E-state index >= 15 is 0 Å². The van der Waals surface area contributed by atoms with E-state index in [9.17, 15) is 0 Å². The third-order valence-corrected chi connectivity index (χ3v) is 4.92. The summed E-state index contributed by atoms with van der Waals surface area (Å²) in [6.07, 6.45) is 1.68. The first kappa shape index (κ1) is 24.0. The molecule has 0 aliphatic rings. The monoisotopic (exact) mass is 436 g/mol. The number of nitrogens with zero attached hydrogens (tertiary/aromatic N) is 4. The number of hydrogen-bond acceptors (Lipinski definition) is 5. The van der Waals surface area contributed by atoms with Crippen molar-refractivity contribution in [3.8, 4) is 5.75 Å². The fourth-order valence-electron chi connectivity index (χ4n) is 2.64. The average molecular weight is 437 g/mol. The molecule has 8 nitrogen and oxygen atoms in total. The fraction of sp³-hybridized carbons (Fsp3) is 0.571. The number of para-hydroxylation sites is 1. The quantitative estimate of drug-likeness (QED) is 0.302. The summed E-state index contributed by atoms with van der Waals surface area (Å²) < 4.78 is 13.4. The molecule has 0 radical (unpaired) electrons. The second-order valence-electron chi connectivity index (χ2n) is 6.82. The molecule has 0 saturated carbocycles. The summed E-state index contributed by atoms with van der Waals surface area (Å²) in [7, 11) is 1.94. The van der Waals surface area contributed by atoms with E-state index in [0.717, 1.165) is 37.6 Å². The zero-order valence-electron chi connectivity index (χ0n) is 18.3. The van der Waals surface area contributed by atoms with Crippen LogP contribution in [0.3, 0.4) is 0 Å². The normalized spacial score (nSPS) is 12.6. The van der Waals surface area contributed by atoms with Crippen LogP contribution < -0.4 is 15.4 Å². The summed E-state index contributed by atoms with van der Waals surface area (Å²) in [4.78, 5) is 4.67. The zero-order valence-corrected chi connectivity index (χ0v) is 19.1. The molecule has 1 heterocycles. The standard InChI is InChI=1S/C21H33ClN6O2/c1-5-17(30-19-11-8-7-10-18(19)22)14-24-21(23-12-9-13-29-6-2)25-15-20-27-26-16(3)28(20)4/h7-8,10-11,17H,5-6,9,12-15H2,1-4H3,(H2,23,24,25). The van der Waals surface area contributed by atoms with Gasteiger partial charge in [-0.25, -0.2) is 4.99 Å². The molecule has 0 fully saturated rings. The molecule has 0 spiro atoms. The molecule has 1 aromatic heterocycles. The highest BCUT2D eigenvalue weighted by atomic mass is 35.5. The number of aliphatic imine (C=N–C) groups is 1. The van der Waals surface area contributed by atoms with E-state index in [4.69, 9.17) is 21.1 Å². The number of hydrogen-bond donors (Lipinski definition) is 2. The van der Waals surface area contributed by atoms with Gasteiger partial charge in [-0.05, 0) is 38.8 Å². The number of aromatic nitrogens is 3. The summed E-state index contributed by atoms with van der Waals surface area (Å²) >= 11 is 6.22. The van der Waals surface area contributed by atoms with Crippen LogP contribution in [0.25, 0.3) is 0 Å². The Balaban J connectivity index is 1.96. The Bertz CT molecular complexity index is 796. The van der Waals surface area contributed by atoms with E-state index in [1.165, 1.54) is 0 Å². The smallest absolute Gasteiger partial charge is 0.191 e. The third-order valence-electron chi connectivity index (χ3n) is 4.61. The molecule has 1 unspecified atom stereocenters. The Hall–Kier alpha value is -2.32. The Morgan fingerprint density at radius 1 is 1.23 bits per heavy atom. The molecule has 0 aliphatic heterocycles. The van der Waals surface area contributed by atoms with Gasteiger partial charge in [0.1, 0.15) is 24.2 Å². The van der Waals surface area contributed by atoms with E-state index < -0.39 is 0 Å². The van der Waals surface area contributed by atoms with Gasteiger partial charge < -0.3 is 24.7 Å². The Labute approximate surface area is 184 Å². The van der Waals surface area contributed by atoms with Crippen molar-refractivity contribution in [2.45, 2.75) is 46.3 Å². The second-order valence-corrected chi connectivity index (χ2v) is 7.23. The van der Waals surface area contributed by atoms with Gasteiger partial charge in [0.25, 0.3) is 0 Å². The van der Waals surface area contributed by atoms with Gasteiger partial charge in [0.2, 0.25) is 0 Å². The minimum absolute atomic E-state index is 0.0441. The molecule has 9 heteroatoms. The van der Waals surface area contributed by atoms with E-state index in [1.54, 1.807) is 0 Å². The van der Waals surface area contributed by atoms with Gasteiger partial charge in [-0.1, -0.05) is 30.7 Å². The number of aryl methyl sites for hydroxylation is 1. The molecule has 2 N–H and O–H groups in total. The van der Waals surface area contributed by atoms with Gasteiger partial charge in [-0.2, -0.15) is 0 Å². The van der Waals surface area contributed by atoms with Crippen molar-refractivity contribution in [3.05, 3.63) is 40.9 Å².